The molecule has 0 radical (unpaired) electrons. The van der Waals surface area contributed by atoms with E-state index in [4.69, 9.17) is 9.47 Å². The van der Waals surface area contributed by atoms with E-state index < -0.39 is 36.0 Å². The van der Waals surface area contributed by atoms with Crippen LogP contribution >= 0.6 is 0 Å². The fourth-order valence-electron chi connectivity index (χ4n) is 5.13. The first-order chi connectivity index (χ1) is 21.5. The lowest BCUT2D eigenvalue weighted by molar-refractivity contribution is -0.136. The summed E-state index contributed by atoms with van der Waals surface area (Å²) in [5.41, 5.74) is 1.68. The summed E-state index contributed by atoms with van der Waals surface area (Å²) in [4.78, 5) is 65.6. The molecule has 0 saturated carbocycles. The molecule has 0 bridgehead atoms. The number of hydrogen-bond acceptors (Lipinski definition) is 7. The van der Waals surface area contributed by atoms with Crippen molar-refractivity contribution in [3.05, 3.63) is 71.8 Å². The number of nitrogens with one attached hydrogen (secondary N) is 3. The Labute approximate surface area is 265 Å². The van der Waals surface area contributed by atoms with Crippen LogP contribution in [0.3, 0.4) is 0 Å². The maximum Gasteiger partial charge on any atom is 0.408 e. The molecule has 1 saturated heterocycles. The molecule has 244 valence electrons. The van der Waals surface area contributed by atoms with Gasteiger partial charge in [-0.3, -0.25) is 14.4 Å². The first-order valence-electron chi connectivity index (χ1n) is 15.5. The molecule has 1 unspecified atom stereocenters. The topological polar surface area (TPSA) is 143 Å². The number of likely N-dealkylation sites (tertiary alicyclic amines) is 1. The van der Waals surface area contributed by atoms with Gasteiger partial charge in [0.15, 0.2) is 5.78 Å². The van der Waals surface area contributed by atoms with Crippen LogP contribution in [0.25, 0.3) is 0 Å². The molecule has 3 N–H and O–H groups in total. The van der Waals surface area contributed by atoms with Gasteiger partial charge in [0.05, 0.1) is 18.4 Å². The molecular formula is C34H46N4O7. The van der Waals surface area contributed by atoms with E-state index >= 15 is 0 Å². The minimum absolute atomic E-state index is 0.0374. The number of alkyl carbamates (subject to hydrolysis) is 2. The van der Waals surface area contributed by atoms with Crippen molar-refractivity contribution < 1.29 is 33.4 Å². The first kappa shape index (κ1) is 35.1. The number of hydrogen-bond donors (Lipinski definition) is 3. The van der Waals surface area contributed by atoms with Crippen LogP contribution in [0.4, 0.5) is 9.59 Å². The Hall–Kier alpha value is -4.41. The number of rotatable bonds is 15. The third kappa shape index (κ3) is 12.2. The van der Waals surface area contributed by atoms with Crippen LogP contribution in [-0.2, 0) is 37.1 Å². The van der Waals surface area contributed by atoms with Gasteiger partial charge in [-0.2, -0.15) is 0 Å². The summed E-state index contributed by atoms with van der Waals surface area (Å²) in [6.07, 6.45) is -0.422. The predicted molar refractivity (Wildman–Crippen MR) is 169 cm³/mol. The summed E-state index contributed by atoms with van der Waals surface area (Å²) in [6, 6.07) is 17.7. The third-order valence-electron chi connectivity index (χ3n) is 7.42. The molecule has 2 aromatic carbocycles. The van der Waals surface area contributed by atoms with Crippen LogP contribution in [0.15, 0.2) is 60.7 Å². The Morgan fingerprint density at radius 1 is 0.800 bits per heavy atom. The Kier molecular flexibility index (Phi) is 13.9. The van der Waals surface area contributed by atoms with Crippen molar-refractivity contribution in [2.75, 3.05) is 26.2 Å². The van der Waals surface area contributed by atoms with Gasteiger partial charge in [-0.25, -0.2) is 9.59 Å². The van der Waals surface area contributed by atoms with Gasteiger partial charge in [-0.05, 0) is 35.8 Å². The van der Waals surface area contributed by atoms with Gasteiger partial charge in [0.2, 0.25) is 11.8 Å². The first-order valence-corrected chi connectivity index (χ1v) is 15.5. The zero-order valence-corrected chi connectivity index (χ0v) is 26.6. The lowest BCUT2D eigenvalue weighted by Gasteiger charge is -2.25. The van der Waals surface area contributed by atoms with Gasteiger partial charge in [-0.15, -0.1) is 0 Å². The second kappa shape index (κ2) is 17.8. The number of carbonyl (C=O) groups excluding carboxylic acids is 5. The average molecular weight is 623 g/mol. The lowest BCUT2D eigenvalue weighted by Crippen LogP contribution is -2.49. The largest absolute Gasteiger partial charge is 0.445 e. The molecule has 11 heteroatoms. The van der Waals surface area contributed by atoms with Crippen molar-refractivity contribution in [1.29, 1.82) is 0 Å². The van der Waals surface area contributed by atoms with Gasteiger partial charge in [0.25, 0.3) is 0 Å². The normalized spacial score (nSPS) is 15.8. The van der Waals surface area contributed by atoms with E-state index in [0.29, 0.717) is 12.8 Å². The fourth-order valence-corrected chi connectivity index (χ4v) is 5.13. The van der Waals surface area contributed by atoms with Crippen molar-refractivity contribution >= 4 is 29.8 Å². The van der Waals surface area contributed by atoms with E-state index in [0.717, 1.165) is 11.1 Å². The van der Waals surface area contributed by atoms with E-state index in [9.17, 15) is 24.0 Å². The molecule has 3 rings (SSSR count). The minimum Gasteiger partial charge on any atom is -0.445 e. The molecular weight excluding hydrogens is 576 g/mol. The highest BCUT2D eigenvalue weighted by molar-refractivity contribution is 5.93. The van der Waals surface area contributed by atoms with Crippen molar-refractivity contribution in [3.8, 4) is 0 Å². The second-order valence-electron chi connectivity index (χ2n) is 12.3. The molecule has 3 atom stereocenters. The quantitative estimate of drug-likeness (QED) is 0.272. The molecule has 1 aliphatic heterocycles. The highest BCUT2D eigenvalue weighted by atomic mass is 16.6. The molecule has 0 aliphatic carbocycles. The van der Waals surface area contributed by atoms with E-state index in [1.807, 2.05) is 88.4 Å². The molecule has 45 heavy (non-hydrogen) atoms. The van der Waals surface area contributed by atoms with E-state index in [-0.39, 0.29) is 62.9 Å². The minimum atomic E-state index is -0.842. The SMILES string of the molecule is CC(C)C[C@@H](CNC(=O)OCc1ccccc1)C(=O)N1CC(=O)C(CNC(=O)[C@H](CC(C)C)NC(=O)OCc2ccccc2)C1. The molecule has 4 amide bonds. The van der Waals surface area contributed by atoms with Crippen molar-refractivity contribution in [2.24, 2.45) is 23.7 Å². The number of benzene rings is 2. The number of nitrogens with zero attached hydrogens (tertiary/aromatic N) is 1. The standard InChI is InChI=1S/C34H46N4O7/c1-23(2)15-27(17-36-33(42)44-21-25-11-7-5-8-12-25)32(41)38-19-28(30(39)20-38)18-35-31(40)29(16-24(3)4)37-34(43)45-22-26-13-9-6-10-14-26/h5-14,23-24,27-29H,15-22H2,1-4H3,(H,35,40)(H,36,42)(H,37,43)/t27-,28?,29-/m0/s1. The summed E-state index contributed by atoms with van der Waals surface area (Å²) in [5, 5.41) is 8.12. The van der Waals surface area contributed by atoms with Gasteiger partial charge < -0.3 is 30.3 Å². The van der Waals surface area contributed by atoms with Crippen LogP contribution in [0.2, 0.25) is 0 Å². The predicted octanol–water partition coefficient (Wildman–Crippen LogP) is 4.06. The highest BCUT2D eigenvalue weighted by Crippen LogP contribution is 2.20. The van der Waals surface area contributed by atoms with Crippen molar-refractivity contribution in [2.45, 2.75) is 59.8 Å². The molecule has 2 aromatic rings. The highest BCUT2D eigenvalue weighted by Gasteiger charge is 2.37. The Morgan fingerprint density at radius 2 is 1.36 bits per heavy atom. The summed E-state index contributed by atoms with van der Waals surface area (Å²) in [7, 11) is 0. The lowest BCUT2D eigenvalue weighted by atomic mass is 9.95. The zero-order valence-electron chi connectivity index (χ0n) is 26.6. The maximum atomic E-state index is 13.4. The number of amides is 4. The number of ketones is 1. The van der Waals surface area contributed by atoms with E-state index in [1.54, 1.807) is 0 Å². The van der Waals surface area contributed by atoms with Gasteiger partial charge in [0, 0.05) is 19.6 Å². The third-order valence-corrected chi connectivity index (χ3v) is 7.42. The van der Waals surface area contributed by atoms with Crippen molar-refractivity contribution in [1.82, 2.24) is 20.9 Å². The summed E-state index contributed by atoms with van der Waals surface area (Å²) >= 11 is 0. The second-order valence-corrected chi connectivity index (χ2v) is 12.3. The average Bonchev–Trinajstić information content (AvgIpc) is 3.39. The molecule has 1 aliphatic rings. The smallest absolute Gasteiger partial charge is 0.408 e. The van der Waals surface area contributed by atoms with Gasteiger partial charge >= 0.3 is 12.2 Å². The van der Waals surface area contributed by atoms with Crippen LogP contribution < -0.4 is 16.0 Å². The van der Waals surface area contributed by atoms with Crippen LogP contribution in [0.1, 0.15) is 51.7 Å². The van der Waals surface area contributed by atoms with E-state index in [1.165, 1.54) is 4.90 Å². The molecule has 1 fully saturated rings. The number of Topliss-reactive ketones (excluding diaryl/α,β-unsaturated/α-hetero) is 1. The maximum absolute atomic E-state index is 13.4. The summed E-state index contributed by atoms with van der Waals surface area (Å²) in [5.74, 6) is -1.62. The number of carbonyl (C=O) groups is 5. The zero-order chi connectivity index (χ0) is 32.8. The Balaban J connectivity index is 1.50. The molecule has 11 nitrogen and oxygen atoms in total. The van der Waals surface area contributed by atoms with E-state index in [2.05, 4.69) is 16.0 Å². The summed E-state index contributed by atoms with van der Waals surface area (Å²) in [6.45, 7) is 8.26. The molecule has 1 heterocycles. The molecule has 0 aromatic heterocycles. The monoisotopic (exact) mass is 622 g/mol. The van der Waals surface area contributed by atoms with Crippen LogP contribution in [0, 0.1) is 23.7 Å². The number of ether oxygens (including phenoxy) is 2. The fraction of sp³-hybridized carbons (Fsp3) is 0.500. The van der Waals surface area contributed by atoms with Crippen LogP contribution in [0.5, 0.6) is 0 Å². The van der Waals surface area contributed by atoms with Gasteiger partial charge in [0.1, 0.15) is 19.3 Å². The Bertz CT molecular complexity index is 1270. The Morgan fingerprint density at radius 3 is 1.91 bits per heavy atom. The molecule has 0 spiro atoms. The van der Waals surface area contributed by atoms with Gasteiger partial charge in [-0.1, -0.05) is 88.4 Å². The van der Waals surface area contributed by atoms with Crippen molar-refractivity contribution in [3.63, 3.8) is 0 Å². The summed E-state index contributed by atoms with van der Waals surface area (Å²) < 4.78 is 10.6. The van der Waals surface area contributed by atoms with Crippen LogP contribution in [-0.4, -0.2) is 66.9 Å².